The number of aliphatic carboxylic acids is 1. The van der Waals surface area contributed by atoms with Crippen molar-refractivity contribution >= 4 is 5.97 Å². The van der Waals surface area contributed by atoms with Gasteiger partial charge in [-0.3, -0.25) is 4.79 Å². The summed E-state index contributed by atoms with van der Waals surface area (Å²) in [5, 5.41) is 20.7. The quantitative estimate of drug-likeness (QED) is 0.278. The van der Waals surface area contributed by atoms with Gasteiger partial charge in [-0.1, -0.05) is 88.3 Å². The summed E-state index contributed by atoms with van der Waals surface area (Å²) in [4.78, 5) is 14.8. The molecule has 0 spiro atoms. The zero-order valence-electron chi connectivity index (χ0n) is 21.3. The molecule has 0 saturated heterocycles. The number of nitriles is 1. The topological polar surface area (TPSA) is 95.2 Å². The number of carbonyl (C=O) groups is 1. The number of carboxylic acids is 1. The lowest BCUT2D eigenvalue weighted by Gasteiger charge is -2.14. The number of carboxylic acid groups (broad SMARTS) is 1. The molecule has 2 aromatic rings. The highest BCUT2D eigenvalue weighted by atomic mass is 16.5. The lowest BCUT2D eigenvalue weighted by atomic mass is 10.1. The van der Waals surface area contributed by atoms with Gasteiger partial charge in [0.05, 0.1) is 5.92 Å². The van der Waals surface area contributed by atoms with Gasteiger partial charge in [-0.15, -0.1) is 0 Å². The van der Waals surface area contributed by atoms with Crippen molar-refractivity contribution in [3.63, 3.8) is 0 Å². The Morgan fingerprint density at radius 2 is 1.80 bits per heavy atom. The number of hydrogen-bond donors (Lipinski definition) is 2. The molecule has 0 aliphatic heterocycles. The summed E-state index contributed by atoms with van der Waals surface area (Å²) in [7, 11) is 0. The third kappa shape index (κ3) is 11.4. The van der Waals surface area contributed by atoms with Crippen LogP contribution >= 0.6 is 0 Å². The second kappa shape index (κ2) is 16.7. The molecule has 1 saturated carbocycles. The average Bonchev–Trinajstić information content (AvgIpc) is 3.69. The maximum atomic E-state index is 10.5. The number of unbranched alkanes of at least 4 members (excludes halogenated alkanes) is 7. The molecule has 1 aliphatic carbocycles. The molecule has 1 heterocycles. The van der Waals surface area contributed by atoms with Gasteiger partial charge in [-0.2, -0.15) is 5.26 Å². The zero-order valence-corrected chi connectivity index (χ0v) is 21.3. The third-order valence-corrected chi connectivity index (χ3v) is 6.36. The van der Waals surface area contributed by atoms with Gasteiger partial charge in [0.2, 0.25) is 5.88 Å². The molecule has 0 unspecified atom stereocenters. The summed E-state index contributed by atoms with van der Waals surface area (Å²) in [5.74, 6) is -0.0227. The van der Waals surface area contributed by atoms with Crippen LogP contribution in [0, 0.1) is 17.2 Å². The Hall–Kier alpha value is -2.91. The van der Waals surface area contributed by atoms with E-state index in [4.69, 9.17) is 15.1 Å². The number of rotatable bonds is 15. The number of ether oxygens (including phenoxy) is 1. The lowest BCUT2D eigenvalue weighted by molar-refractivity contribution is -0.138. The zero-order chi connectivity index (χ0) is 25.3. The molecule has 1 aromatic heterocycles. The van der Waals surface area contributed by atoms with Gasteiger partial charge in [0, 0.05) is 18.3 Å². The lowest BCUT2D eigenvalue weighted by Crippen LogP contribution is -2.20. The molecule has 1 aromatic carbocycles. The Kier molecular flexibility index (Phi) is 13.5. The minimum absolute atomic E-state index is 0.0403. The van der Waals surface area contributed by atoms with Gasteiger partial charge in [0.15, 0.2) is 6.61 Å². The minimum atomic E-state index is -0.663. The molecule has 3 atom stereocenters. The molecular weight excluding hydrogens is 438 g/mol. The Morgan fingerprint density at radius 3 is 2.37 bits per heavy atom. The molecular formula is C29H41N3O3. The summed E-state index contributed by atoms with van der Waals surface area (Å²) in [6, 6.07) is 15.9. The normalized spacial score (nSPS) is 16.9. The van der Waals surface area contributed by atoms with Gasteiger partial charge in [-0.25, -0.2) is 4.98 Å². The van der Waals surface area contributed by atoms with Crippen LogP contribution in [0.5, 0.6) is 5.88 Å². The fourth-order valence-corrected chi connectivity index (χ4v) is 4.07. The van der Waals surface area contributed by atoms with Crippen LogP contribution in [0.3, 0.4) is 0 Å². The Bertz CT molecular complexity index is 880. The van der Waals surface area contributed by atoms with E-state index in [-0.39, 0.29) is 24.5 Å². The second-order valence-electron chi connectivity index (χ2n) is 9.22. The van der Waals surface area contributed by atoms with Crippen molar-refractivity contribution in [2.75, 3.05) is 13.2 Å². The SMILES string of the molecule is CCCCCCCCCCN[C@@H](C)c1ccc(OCC#N)nc1.O=C(O)[C@H]1C[C@@H]1c1ccccc1. The number of aromatic nitrogens is 1. The predicted molar refractivity (Wildman–Crippen MR) is 139 cm³/mol. The van der Waals surface area contributed by atoms with Crippen molar-refractivity contribution in [1.29, 1.82) is 5.26 Å². The van der Waals surface area contributed by atoms with E-state index >= 15 is 0 Å². The number of hydrogen-bond acceptors (Lipinski definition) is 5. The van der Waals surface area contributed by atoms with E-state index in [9.17, 15) is 4.79 Å². The summed E-state index contributed by atoms with van der Waals surface area (Å²) in [6.07, 6.45) is 13.4. The van der Waals surface area contributed by atoms with Gasteiger partial charge in [0.25, 0.3) is 0 Å². The first-order chi connectivity index (χ1) is 17.1. The number of benzene rings is 1. The Morgan fingerprint density at radius 1 is 1.11 bits per heavy atom. The first-order valence-corrected chi connectivity index (χ1v) is 13.0. The second-order valence-corrected chi connectivity index (χ2v) is 9.22. The van der Waals surface area contributed by atoms with Crippen molar-refractivity contribution in [3.05, 3.63) is 59.8 Å². The van der Waals surface area contributed by atoms with Crippen molar-refractivity contribution in [1.82, 2.24) is 10.3 Å². The summed E-state index contributed by atoms with van der Waals surface area (Å²) in [5.41, 5.74) is 2.30. The van der Waals surface area contributed by atoms with E-state index in [0.29, 0.717) is 5.88 Å². The number of pyridine rings is 1. The van der Waals surface area contributed by atoms with E-state index in [1.165, 1.54) is 51.4 Å². The van der Waals surface area contributed by atoms with Crippen molar-refractivity contribution < 1.29 is 14.6 Å². The smallest absolute Gasteiger partial charge is 0.307 e. The van der Waals surface area contributed by atoms with Crippen LogP contribution in [0.25, 0.3) is 0 Å². The van der Waals surface area contributed by atoms with Crippen molar-refractivity contribution in [3.8, 4) is 11.9 Å². The monoisotopic (exact) mass is 479 g/mol. The number of nitrogens with one attached hydrogen (secondary N) is 1. The fourth-order valence-electron chi connectivity index (χ4n) is 4.07. The highest BCUT2D eigenvalue weighted by molar-refractivity contribution is 5.75. The van der Waals surface area contributed by atoms with E-state index in [2.05, 4.69) is 24.1 Å². The summed E-state index contributed by atoms with van der Waals surface area (Å²) < 4.78 is 5.16. The summed E-state index contributed by atoms with van der Waals surface area (Å²) >= 11 is 0. The van der Waals surface area contributed by atoms with E-state index < -0.39 is 5.97 Å². The van der Waals surface area contributed by atoms with Crippen molar-refractivity contribution in [2.24, 2.45) is 5.92 Å². The standard InChI is InChI=1S/C19H31N3O.C10H10O2/c1-3-4-5-6-7-8-9-10-14-21-17(2)18-11-12-19(22-16-18)23-15-13-20;11-10(12)9-6-8(9)7-4-2-1-3-5-7/h11-12,16-17,21H,3-10,14-15H2,1-2H3;1-5,8-9H,6H2,(H,11,12)/t17-;8-,9+/m01/s1. The molecule has 190 valence electrons. The fraction of sp³-hybridized carbons (Fsp3) is 0.552. The number of nitrogens with zero attached hydrogens (tertiary/aromatic N) is 2. The van der Waals surface area contributed by atoms with Gasteiger partial charge in [0.1, 0.15) is 6.07 Å². The Balaban J connectivity index is 0.000000298. The van der Waals surface area contributed by atoms with Gasteiger partial charge in [-0.05, 0) is 43.4 Å². The third-order valence-electron chi connectivity index (χ3n) is 6.36. The van der Waals surface area contributed by atoms with Crippen LogP contribution in [-0.4, -0.2) is 29.2 Å². The molecule has 3 rings (SSSR count). The molecule has 6 heteroatoms. The highest BCUT2D eigenvalue weighted by Gasteiger charge is 2.43. The molecule has 2 N–H and O–H groups in total. The van der Waals surface area contributed by atoms with Crippen LogP contribution in [0.1, 0.15) is 94.7 Å². The molecule has 1 fully saturated rings. The van der Waals surface area contributed by atoms with Crippen LogP contribution in [0.2, 0.25) is 0 Å². The average molecular weight is 480 g/mol. The first-order valence-electron chi connectivity index (χ1n) is 13.0. The first kappa shape index (κ1) is 28.3. The minimum Gasteiger partial charge on any atom is -0.481 e. The van der Waals surface area contributed by atoms with E-state index in [1.807, 2.05) is 54.7 Å². The molecule has 1 aliphatic rings. The highest BCUT2D eigenvalue weighted by Crippen LogP contribution is 2.47. The largest absolute Gasteiger partial charge is 0.481 e. The van der Waals surface area contributed by atoms with E-state index in [0.717, 1.165) is 24.1 Å². The van der Waals surface area contributed by atoms with Crippen LogP contribution < -0.4 is 10.1 Å². The van der Waals surface area contributed by atoms with Crippen LogP contribution in [0.15, 0.2) is 48.7 Å². The maximum Gasteiger partial charge on any atom is 0.307 e. The predicted octanol–water partition coefficient (Wildman–Crippen LogP) is 6.65. The van der Waals surface area contributed by atoms with Gasteiger partial charge >= 0.3 is 5.97 Å². The van der Waals surface area contributed by atoms with Crippen LogP contribution in [-0.2, 0) is 4.79 Å². The van der Waals surface area contributed by atoms with Gasteiger partial charge < -0.3 is 15.2 Å². The molecule has 0 amide bonds. The summed E-state index contributed by atoms with van der Waals surface area (Å²) in [6.45, 7) is 5.49. The van der Waals surface area contributed by atoms with Crippen molar-refractivity contribution in [2.45, 2.75) is 83.6 Å². The molecule has 0 radical (unpaired) electrons. The molecule has 6 nitrogen and oxygen atoms in total. The van der Waals surface area contributed by atoms with Crippen LogP contribution in [0.4, 0.5) is 0 Å². The van der Waals surface area contributed by atoms with E-state index in [1.54, 1.807) is 0 Å². The maximum absolute atomic E-state index is 10.5. The Labute approximate surface area is 210 Å². The molecule has 0 bridgehead atoms. The molecule has 35 heavy (non-hydrogen) atoms.